The summed E-state index contributed by atoms with van der Waals surface area (Å²) in [4.78, 5) is 17.3. The third-order valence-corrected chi connectivity index (χ3v) is 5.02. The minimum absolute atomic E-state index is 0.0577. The van der Waals surface area contributed by atoms with Crippen molar-refractivity contribution in [1.82, 2.24) is 4.98 Å². The fourth-order valence-corrected chi connectivity index (χ4v) is 3.47. The van der Waals surface area contributed by atoms with Crippen molar-refractivity contribution in [3.8, 4) is 0 Å². The molecule has 1 amide bonds. The van der Waals surface area contributed by atoms with Crippen molar-refractivity contribution in [3.05, 3.63) is 46.6 Å². The van der Waals surface area contributed by atoms with E-state index in [9.17, 15) is 4.79 Å². The second-order valence-electron chi connectivity index (χ2n) is 5.70. The van der Waals surface area contributed by atoms with Crippen LogP contribution >= 0.6 is 11.3 Å². The summed E-state index contributed by atoms with van der Waals surface area (Å²) in [6.45, 7) is 8.37. The van der Waals surface area contributed by atoms with Crippen LogP contribution in [-0.2, 0) is 11.2 Å². The molecule has 1 heterocycles. The lowest BCUT2D eigenvalue weighted by Gasteiger charge is -2.15. The van der Waals surface area contributed by atoms with Crippen LogP contribution in [0.1, 0.15) is 62.2 Å². The molecule has 0 saturated carbocycles. The fourth-order valence-electron chi connectivity index (χ4n) is 2.41. The highest BCUT2D eigenvalue weighted by Gasteiger charge is 2.21. The third kappa shape index (κ3) is 3.74. The number of anilines is 1. The topological polar surface area (TPSA) is 42.0 Å². The third-order valence-electron chi connectivity index (χ3n) is 3.71. The highest BCUT2D eigenvalue weighted by atomic mass is 32.1. The molecule has 22 heavy (non-hydrogen) atoms. The first kappa shape index (κ1) is 16.7. The molecule has 1 N–H and O–H groups in total. The van der Waals surface area contributed by atoms with Gasteiger partial charge in [0.1, 0.15) is 5.00 Å². The Kier molecular flexibility index (Phi) is 5.72. The Morgan fingerprint density at radius 1 is 1.23 bits per heavy atom. The number of carbonyl (C=O) groups is 1. The lowest BCUT2D eigenvalue weighted by molar-refractivity contribution is -0.117. The van der Waals surface area contributed by atoms with Gasteiger partial charge in [-0.15, -0.1) is 11.3 Å². The van der Waals surface area contributed by atoms with E-state index in [0.717, 1.165) is 34.1 Å². The van der Waals surface area contributed by atoms with Crippen molar-refractivity contribution in [1.29, 1.82) is 0 Å². The SMILES string of the molecule is CCc1nc(C(C)C)sc1NC(=O)C(CC)c1ccccc1. The predicted octanol–water partition coefficient (Wildman–Crippen LogP) is 4.96. The molecule has 3 nitrogen and oxygen atoms in total. The highest BCUT2D eigenvalue weighted by Crippen LogP contribution is 2.31. The van der Waals surface area contributed by atoms with E-state index < -0.39 is 0 Å². The number of nitrogens with one attached hydrogen (secondary N) is 1. The molecule has 4 heteroatoms. The van der Waals surface area contributed by atoms with E-state index in [1.165, 1.54) is 0 Å². The molecule has 1 atom stereocenters. The lowest BCUT2D eigenvalue weighted by atomic mass is 9.96. The maximum Gasteiger partial charge on any atom is 0.232 e. The Morgan fingerprint density at radius 2 is 1.91 bits per heavy atom. The summed E-state index contributed by atoms with van der Waals surface area (Å²) < 4.78 is 0. The van der Waals surface area contributed by atoms with Crippen molar-refractivity contribution in [2.24, 2.45) is 0 Å². The average Bonchev–Trinajstić information content (AvgIpc) is 2.92. The summed E-state index contributed by atoms with van der Waals surface area (Å²) in [5.41, 5.74) is 2.05. The molecule has 118 valence electrons. The number of benzene rings is 1. The molecule has 0 radical (unpaired) electrons. The summed E-state index contributed by atoms with van der Waals surface area (Å²) in [6, 6.07) is 9.96. The summed E-state index contributed by atoms with van der Waals surface area (Å²) in [5.74, 6) is 0.329. The molecular formula is C18H24N2OS. The number of rotatable bonds is 6. The van der Waals surface area contributed by atoms with Crippen LogP contribution in [0, 0.1) is 0 Å². The van der Waals surface area contributed by atoms with E-state index in [2.05, 4.69) is 31.1 Å². The molecule has 0 fully saturated rings. The smallest absolute Gasteiger partial charge is 0.232 e. The van der Waals surface area contributed by atoms with Crippen LogP contribution in [0.4, 0.5) is 5.00 Å². The maximum absolute atomic E-state index is 12.7. The van der Waals surface area contributed by atoms with E-state index in [1.54, 1.807) is 11.3 Å². The maximum atomic E-state index is 12.7. The highest BCUT2D eigenvalue weighted by molar-refractivity contribution is 7.16. The van der Waals surface area contributed by atoms with Gasteiger partial charge in [0.25, 0.3) is 0 Å². The summed E-state index contributed by atoms with van der Waals surface area (Å²) in [5, 5.41) is 5.09. The van der Waals surface area contributed by atoms with E-state index >= 15 is 0 Å². The van der Waals surface area contributed by atoms with E-state index in [4.69, 9.17) is 0 Å². The zero-order valence-electron chi connectivity index (χ0n) is 13.7. The van der Waals surface area contributed by atoms with Crippen molar-refractivity contribution in [3.63, 3.8) is 0 Å². The molecule has 2 aromatic rings. The number of hydrogen-bond acceptors (Lipinski definition) is 3. The first-order valence-corrected chi connectivity index (χ1v) is 8.73. The summed E-state index contributed by atoms with van der Waals surface area (Å²) in [6.07, 6.45) is 1.62. The Balaban J connectivity index is 2.20. The van der Waals surface area contributed by atoms with Crippen molar-refractivity contribution in [2.75, 3.05) is 5.32 Å². The second-order valence-corrected chi connectivity index (χ2v) is 6.73. The summed E-state index contributed by atoms with van der Waals surface area (Å²) in [7, 11) is 0. The quantitative estimate of drug-likeness (QED) is 0.818. The van der Waals surface area contributed by atoms with Gasteiger partial charge in [-0.2, -0.15) is 0 Å². The van der Waals surface area contributed by atoms with Gasteiger partial charge in [-0.1, -0.05) is 58.0 Å². The first-order chi connectivity index (χ1) is 10.6. The Hall–Kier alpha value is -1.68. The predicted molar refractivity (Wildman–Crippen MR) is 93.7 cm³/mol. The van der Waals surface area contributed by atoms with Crippen LogP contribution in [0.3, 0.4) is 0 Å². The number of thiazole rings is 1. The minimum atomic E-state index is -0.115. The number of nitrogens with zero attached hydrogens (tertiary/aromatic N) is 1. The Labute approximate surface area is 136 Å². The Morgan fingerprint density at radius 3 is 2.45 bits per heavy atom. The molecule has 1 aromatic heterocycles. The van der Waals surface area contributed by atoms with Gasteiger partial charge >= 0.3 is 0 Å². The number of carbonyl (C=O) groups excluding carboxylic acids is 1. The van der Waals surface area contributed by atoms with Gasteiger partial charge in [0.2, 0.25) is 5.91 Å². The molecule has 0 aliphatic rings. The minimum Gasteiger partial charge on any atom is -0.316 e. The van der Waals surface area contributed by atoms with Gasteiger partial charge in [0, 0.05) is 5.92 Å². The van der Waals surface area contributed by atoms with Gasteiger partial charge in [-0.3, -0.25) is 4.79 Å². The first-order valence-electron chi connectivity index (χ1n) is 7.92. The van der Waals surface area contributed by atoms with E-state index in [1.807, 2.05) is 37.3 Å². The molecule has 0 bridgehead atoms. The van der Waals surface area contributed by atoms with E-state index in [-0.39, 0.29) is 11.8 Å². The van der Waals surface area contributed by atoms with Crippen LogP contribution in [-0.4, -0.2) is 10.9 Å². The lowest BCUT2D eigenvalue weighted by Crippen LogP contribution is -2.20. The molecular weight excluding hydrogens is 292 g/mol. The largest absolute Gasteiger partial charge is 0.316 e. The zero-order chi connectivity index (χ0) is 16.1. The van der Waals surface area contributed by atoms with Crippen molar-refractivity contribution >= 4 is 22.2 Å². The molecule has 0 aliphatic carbocycles. The van der Waals surface area contributed by atoms with E-state index in [0.29, 0.717) is 5.92 Å². The van der Waals surface area contributed by atoms with Crippen LogP contribution in [0.5, 0.6) is 0 Å². The average molecular weight is 316 g/mol. The Bertz CT molecular complexity index is 619. The molecule has 0 saturated heterocycles. The number of aromatic nitrogens is 1. The van der Waals surface area contributed by atoms with Crippen LogP contribution in [0.25, 0.3) is 0 Å². The van der Waals surface area contributed by atoms with Crippen LogP contribution in [0.2, 0.25) is 0 Å². The van der Waals surface area contributed by atoms with Gasteiger partial charge in [-0.05, 0) is 18.4 Å². The van der Waals surface area contributed by atoms with Crippen LogP contribution < -0.4 is 5.32 Å². The summed E-state index contributed by atoms with van der Waals surface area (Å²) >= 11 is 1.60. The van der Waals surface area contributed by atoms with Gasteiger partial charge in [-0.25, -0.2) is 4.98 Å². The van der Waals surface area contributed by atoms with Crippen LogP contribution in [0.15, 0.2) is 30.3 Å². The number of aryl methyl sites for hydroxylation is 1. The number of hydrogen-bond donors (Lipinski definition) is 1. The van der Waals surface area contributed by atoms with Gasteiger partial charge in [0.05, 0.1) is 16.6 Å². The standard InChI is InChI=1S/C18H24N2OS/c1-5-14(13-10-8-7-9-11-13)16(21)20-18-15(6-2)19-17(22-18)12(3)4/h7-12,14H,5-6H2,1-4H3,(H,20,21). The molecule has 0 spiro atoms. The zero-order valence-corrected chi connectivity index (χ0v) is 14.5. The van der Waals surface area contributed by atoms with Gasteiger partial charge < -0.3 is 5.32 Å². The monoisotopic (exact) mass is 316 g/mol. The number of amides is 1. The van der Waals surface area contributed by atoms with Crippen molar-refractivity contribution in [2.45, 2.75) is 52.4 Å². The normalized spacial score (nSPS) is 12.4. The van der Waals surface area contributed by atoms with Gasteiger partial charge in [0.15, 0.2) is 0 Å². The molecule has 2 rings (SSSR count). The molecule has 1 unspecified atom stereocenters. The molecule has 0 aliphatic heterocycles. The fraction of sp³-hybridized carbons (Fsp3) is 0.444. The molecule has 1 aromatic carbocycles. The van der Waals surface area contributed by atoms with Crippen molar-refractivity contribution < 1.29 is 4.79 Å². The second kappa shape index (κ2) is 7.54.